The summed E-state index contributed by atoms with van der Waals surface area (Å²) in [6.45, 7) is 3.11. The van der Waals surface area contributed by atoms with Gasteiger partial charge in [0, 0.05) is 24.3 Å². The molecule has 0 aliphatic carbocycles. The molecule has 0 unspecified atom stereocenters. The minimum absolute atomic E-state index is 0.371. The molecule has 144 valence electrons. The first-order valence-corrected chi connectivity index (χ1v) is 8.72. The van der Waals surface area contributed by atoms with Crippen LogP contribution in [0.1, 0.15) is 18.9 Å². The molecule has 1 heterocycles. The number of alkyl halides is 3. The van der Waals surface area contributed by atoms with E-state index in [1.54, 1.807) is 18.2 Å². The second-order valence-corrected chi connectivity index (χ2v) is 6.55. The molecular formula is C20H20F3NO3. The Hall–Kier alpha value is -2.70. The van der Waals surface area contributed by atoms with Crippen molar-refractivity contribution in [1.29, 1.82) is 0 Å². The maximum absolute atomic E-state index is 13.2. The van der Waals surface area contributed by atoms with E-state index < -0.39 is 23.6 Å². The summed E-state index contributed by atoms with van der Waals surface area (Å²) in [7, 11) is 0. The van der Waals surface area contributed by atoms with Crippen molar-refractivity contribution in [3.63, 3.8) is 0 Å². The van der Waals surface area contributed by atoms with Crippen LogP contribution in [0.25, 0.3) is 11.1 Å². The number of hydrogen-bond donors (Lipinski definition) is 1. The molecule has 27 heavy (non-hydrogen) atoms. The van der Waals surface area contributed by atoms with Gasteiger partial charge in [-0.1, -0.05) is 19.1 Å². The summed E-state index contributed by atoms with van der Waals surface area (Å²) in [5.74, 6) is -0.852. The second-order valence-electron chi connectivity index (χ2n) is 6.55. The Morgan fingerprint density at radius 1 is 1.22 bits per heavy atom. The van der Waals surface area contributed by atoms with E-state index in [-0.39, 0.29) is 0 Å². The third-order valence-electron chi connectivity index (χ3n) is 4.52. The number of carboxylic acid groups (broad SMARTS) is 1. The molecule has 0 aromatic heterocycles. The molecule has 2 aromatic carbocycles. The molecule has 1 saturated heterocycles. The minimum atomic E-state index is -4.44. The standard InChI is InChI=1S/C20H20F3NO3/c1-2-8-27-18-7-6-15(20(21,22)23)10-17(18)13-4-3-5-16(9-13)24-11-14(12-24)19(25)26/h3-7,9-10,14H,2,8,11-12H2,1H3,(H,25,26). The van der Waals surface area contributed by atoms with Crippen LogP contribution in [0.3, 0.4) is 0 Å². The topological polar surface area (TPSA) is 49.8 Å². The van der Waals surface area contributed by atoms with Gasteiger partial charge in [-0.25, -0.2) is 0 Å². The number of carbonyl (C=O) groups is 1. The van der Waals surface area contributed by atoms with Crippen LogP contribution in [0.15, 0.2) is 42.5 Å². The fourth-order valence-electron chi connectivity index (χ4n) is 2.99. The van der Waals surface area contributed by atoms with Gasteiger partial charge in [-0.15, -0.1) is 0 Å². The average Bonchev–Trinajstić information content (AvgIpc) is 2.57. The van der Waals surface area contributed by atoms with Crippen molar-refractivity contribution in [1.82, 2.24) is 0 Å². The number of anilines is 1. The van der Waals surface area contributed by atoms with Gasteiger partial charge in [-0.3, -0.25) is 4.79 Å². The normalized spacial score (nSPS) is 14.7. The Morgan fingerprint density at radius 3 is 2.59 bits per heavy atom. The molecule has 7 heteroatoms. The number of halogens is 3. The van der Waals surface area contributed by atoms with Crippen LogP contribution in [0, 0.1) is 5.92 Å². The first-order chi connectivity index (χ1) is 12.8. The van der Waals surface area contributed by atoms with Crippen molar-refractivity contribution >= 4 is 11.7 Å². The van der Waals surface area contributed by atoms with E-state index in [4.69, 9.17) is 9.84 Å². The third kappa shape index (κ3) is 4.18. The van der Waals surface area contributed by atoms with Gasteiger partial charge in [-0.05, 0) is 42.3 Å². The molecule has 1 N–H and O–H groups in total. The predicted octanol–water partition coefficient (Wildman–Crippen LogP) is 4.68. The molecule has 0 amide bonds. The average molecular weight is 379 g/mol. The largest absolute Gasteiger partial charge is 0.493 e. The Kier molecular flexibility index (Phi) is 5.30. The number of rotatable bonds is 6. The van der Waals surface area contributed by atoms with Gasteiger partial charge in [0.25, 0.3) is 0 Å². The molecule has 0 radical (unpaired) electrons. The van der Waals surface area contributed by atoms with Crippen LogP contribution < -0.4 is 9.64 Å². The summed E-state index contributed by atoms with van der Waals surface area (Å²) >= 11 is 0. The maximum Gasteiger partial charge on any atom is 0.416 e. The van der Waals surface area contributed by atoms with Crippen molar-refractivity contribution in [2.75, 3.05) is 24.6 Å². The highest BCUT2D eigenvalue weighted by molar-refractivity contribution is 5.77. The lowest BCUT2D eigenvalue weighted by atomic mass is 9.97. The number of nitrogens with zero attached hydrogens (tertiary/aromatic N) is 1. The molecular weight excluding hydrogens is 359 g/mol. The molecule has 1 aliphatic heterocycles. The van der Waals surface area contributed by atoms with Crippen LogP contribution in [0.2, 0.25) is 0 Å². The number of carboxylic acids is 1. The lowest BCUT2D eigenvalue weighted by Crippen LogP contribution is -2.50. The Morgan fingerprint density at radius 2 is 1.96 bits per heavy atom. The molecule has 0 bridgehead atoms. The maximum atomic E-state index is 13.2. The second kappa shape index (κ2) is 7.50. The van der Waals surface area contributed by atoms with Gasteiger partial charge in [0.15, 0.2) is 0 Å². The molecule has 4 nitrogen and oxygen atoms in total. The van der Waals surface area contributed by atoms with E-state index in [0.29, 0.717) is 36.6 Å². The van der Waals surface area contributed by atoms with Crippen molar-refractivity contribution in [3.05, 3.63) is 48.0 Å². The zero-order valence-corrected chi connectivity index (χ0v) is 14.8. The van der Waals surface area contributed by atoms with Crippen molar-refractivity contribution in [2.24, 2.45) is 5.92 Å². The first-order valence-electron chi connectivity index (χ1n) is 8.72. The van der Waals surface area contributed by atoms with Crippen LogP contribution in [0.4, 0.5) is 18.9 Å². The van der Waals surface area contributed by atoms with Crippen LogP contribution >= 0.6 is 0 Å². The van der Waals surface area contributed by atoms with Crippen LogP contribution in [-0.2, 0) is 11.0 Å². The summed E-state index contributed by atoms with van der Waals surface area (Å²) in [4.78, 5) is 12.9. The quantitative estimate of drug-likeness (QED) is 0.792. The third-order valence-corrected chi connectivity index (χ3v) is 4.52. The zero-order valence-electron chi connectivity index (χ0n) is 14.8. The fraction of sp³-hybridized carbons (Fsp3) is 0.350. The molecule has 3 rings (SSSR count). The van der Waals surface area contributed by atoms with E-state index in [9.17, 15) is 18.0 Å². The predicted molar refractivity (Wildman–Crippen MR) is 96.0 cm³/mol. The van der Waals surface area contributed by atoms with Crippen molar-refractivity contribution < 1.29 is 27.8 Å². The monoisotopic (exact) mass is 379 g/mol. The summed E-state index contributed by atoms with van der Waals surface area (Å²) in [5.41, 5.74) is 1.02. The smallest absolute Gasteiger partial charge is 0.416 e. The highest BCUT2D eigenvalue weighted by Crippen LogP contribution is 2.39. The molecule has 0 spiro atoms. The summed E-state index contributed by atoms with van der Waals surface area (Å²) < 4.78 is 45.1. The lowest BCUT2D eigenvalue weighted by Gasteiger charge is -2.38. The number of ether oxygens (including phenoxy) is 1. The highest BCUT2D eigenvalue weighted by Gasteiger charge is 2.33. The SMILES string of the molecule is CCCOc1ccc(C(F)(F)F)cc1-c1cccc(N2CC(C(=O)O)C2)c1. The van der Waals surface area contributed by atoms with Gasteiger partial charge < -0.3 is 14.7 Å². The van der Waals surface area contributed by atoms with E-state index >= 15 is 0 Å². The zero-order chi connectivity index (χ0) is 19.6. The van der Waals surface area contributed by atoms with Gasteiger partial charge in [0.1, 0.15) is 5.75 Å². The molecule has 0 atom stereocenters. The summed E-state index contributed by atoms with van der Waals surface area (Å²) in [5, 5.41) is 9.01. The molecule has 1 fully saturated rings. The van der Waals surface area contributed by atoms with Gasteiger partial charge >= 0.3 is 12.1 Å². The van der Waals surface area contributed by atoms with Crippen LogP contribution in [-0.4, -0.2) is 30.8 Å². The lowest BCUT2D eigenvalue weighted by molar-refractivity contribution is -0.142. The van der Waals surface area contributed by atoms with Crippen molar-refractivity contribution in [2.45, 2.75) is 19.5 Å². The first kappa shape index (κ1) is 19.1. The van der Waals surface area contributed by atoms with Gasteiger partial charge in [0.05, 0.1) is 18.1 Å². The van der Waals surface area contributed by atoms with E-state index in [0.717, 1.165) is 24.2 Å². The number of hydrogen-bond acceptors (Lipinski definition) is 3. The van der Waals surface area contributed by atoms with Crippen LogP contribution in [0.5, 0.6) is 5.75 Å². The highest BCUT2D eigenvalue weighted by atomic mass is 19.4. The van der Waals surface area contributed by atoms with E-state index in [1.165, 1.54) is 6.07 Å². The van der Waals surface area contributed by atoms with Gasteiger partial charge in [0.2, 0.25) is 0 Å². The molecule has 2 aromatic rings. The van der Waals surface area contributed by atoms with E-state index in [2.05, 4.69) is 0 Å². The number of benzene rings is 2. The molecule has 0 saturated carbocycles. The summed E-state index contributed by atoms with van der Waals surface area (Å²) in [6.07, 6.45) is -3.70. The molecule has 1 aliphatic rings. The Labute approximate surface area is 155 Å². The number of aliphatic carboxylic acids is 1. The van der Waals surface area contributed by atoms with Gasteiger partial charge in [-0.2, -0.15) is 13.2 Å². The Bertz CT molecular complexity index is 829. The van der Waals surface area contributed by atoms with E-state index in [1.807, 2.05) is 17.9 Å². The fourth-order valence-corrected chi connectivity index (χ4v) is 2.99. The minimum Gasteiger partial charge on any atom is -0.493 e. The Balaban J connectivity index is 1.94. The van der Waals surface area contributed by atoms with Crippen molar-refractivity contribution in [3.8, 4) is 16.9 Å². The summed E-state index contributed by atoms with van der Waals surface area (Å²) in [6, 6.07) is 10.5.